The van der Waals surface area contributed by atoms with E-state index < -0.39 is 32.5 Å². The second-order valence-corrected chi connectivity index (χ2v) is 10.8. The molecule has 0 radical (unpaired) electrons. The normalized spacial score (nSPS) is 14.6. The standard InChI is InChI=1S/C21H29NO6S2/c1-5-6-19(23)15-22(29(24,25)20-11-7-16(2)8-12-20)18(4)28-30(26,27)21-13-9-17(3)10-14-21/h7-14,18-19,23H,5-6,15H2,1-4H3. The zero-order valence-electron chi connectivity index (χ0n) is 17.6. The highest BCUT2D eigenvalue weighted by Gasteiger charge is 2.34. The number of nitrogens with zero attached hydrogens (tertiary/aromatic N) is 1. The molecule has 0 fully saturated rings. The Morgan fingerprint density at radius 2 is 1.37 bits per heavy atom. The molecular formula is C21H29NO6S2. The monoisotopic (exact) mass is 455 g/mol. The second kappa shape index (κ2) is 10.0. The summed E-state index contributed by atoms with van der Waals surface area (Å²) in [5.74, 6) is 0. The van der Waals surface area contributed by atoms with Gasteiger partial charge in [0, 0.05) is 6.54 Å². The minimum absolute atomic E-state index is 0.0000164. The van der Waals surface area contributed by atoms with Gasteiger partial charge >= 0.3 is 0 Å². The van der Waals surface area contributed by atoms with Gasteiger partial charge in [0.2, 0.25) is 10.0 Å². The zero-order chi connectivity index (χ0) is 22.5. The van der Waals surface area contributed by atoms with E-state index in [1.165, 1.54) is 31.2 Å². The zero-order valence-corrected chi connectivity index (χ0v) is 19.3. The molecule has 0 bridgehead atoms. The summed E-state index contributed by atoms with van der Waals surface area (Å²) in [6.07, 6.45) is -1.29. The van der Waals surface area contributed by atoms with Crippen molar-refractivity contribution in [2.45, 2.75) is 62.7 Å². The molecule has 0 aliphatic rings. The summed E-state index contributed by atoms with van der Waals surface area (Å²) in [5, 5.41) is 10.3. The molecule has 0 aliphatic carbocycles. The fourth-order valence-electron chi connectivity index (χ4n) is 2.91. The maximum absolute atomic E-state index is 13.2. The van der Waals surface area contributed by atoms with Gasteiger partial charge in [0.05, 0.1) is 15.9 Å². The first-order valence-corrected chi connectivity index (χ1v) is 12.6. The molecule has 7 nitrogen and oxygen atoms in total. The van der Waals surface area contributed by atoms with Gasteiger partial charge in [0.15, 0.2) is 0 Å². The van der Waals surface area contributed by atoms with Crippen molar-refractivity contribution in [3.63, 3.8) is 0 Å². The van der Waals surface area contributed by atoms with Crippen LogP contribution in [0.15, 0.2) is 58.3 Å². The highest BCUT2D eigenvalue weighted by atomic mass is 32.2. The Morgan fingerprint density at radius 1 is 0.900 bits per heavy atom. The number of sulfonamides is 1. The van der Waals surface area contributed by atoms with Crippen molar-refractivity contribution in [3.05, 3.63) is 59.7 Å². The van der Waals surface area contributed by atoms with Crippen LogP contribution in [0.1, 0.15) is 37.8 Å². The molecule has 0 amide bonds. The Labute approximate surface area is 179 Å². The van der Waals surface area contributed by atoms with E-state index in [1.807, 2.05) is 20.8 Å². The number of benzene rings is 2. The van der Waals surface area contributed by atoms with Crippen LogP contribution in [0, 0.1) is 13.8 Å². The van der Waals surface area contributed by atoms with E-state index in [0.29, 0.717) is 12.8 Å². The lowest BCUT2D eigenvalue weighted by atomic mass is 10.2. The predicted octanol–water partition coefficient (Wildman–Crippen LogP) is 3.21. The first-order chi connectivity index (χ1) is 14.0. The highest BCUT2D eigenvalue weighted by molar-refractivity contribution is 7.89. The van der Waals surface area contributed by atoms with Gasteiger partial charge in [0.25, 0.3) is 10.1 Å². The lowest BCUT2D eigenvalue weighted by molar-refractivity contribution is 0.0617. The van der Waals surface area contributed by atoms with Crippen LogP contribution in [0.3, 0.4) is 0 Å². The lowest BCUT2D eigenvalue weighted by Gasteiger charge is -2.29. The number of hydrogen-bond donors (Lipinski definition) is 1. The largest absolute Gasteiger partial charge is 0.392 e. The molecule has 2 aromatic rings. The molecule has 2 atom stereocenters. The van der Waals surface area contributed by atoms with Crippen LogP contribution in [0.4, 0.5) is 0 Å². The summed E-state index contributed by atoms with van der Waals surface area (Å²) in [5.41, 5.74) is 1.77. The van der Waals surface area contributed by atoms with Gasteiger partial charge in [0.1, 0.15) is 6.23 Å². The van der Waals surface area contributed by atoms with Crippen molar-refractivity contribution >= 4 is 20.1 Å². The van der Waals surface area contributed by atoms with E-state index in [1.54, 1.807) is 24.3 Å². The van der Waals surface area contributed by atoms with E-state index in [9.17, 15) is 21.9 Å². The fourth-order valence-corrected chi connectivity index (χ4v) is 5.57. The van der Waals surface area contributed by atoms with E-state index in [4.69, 9.17) is 4.18 Å². The van der Waals surface area contributed by atoms with Gasteiger partial charge < -0.3 is 5.11 Å². The molecule has 166 valence electrons. The van der Waals surface area contributed by atoms with Gasteiger partial charge in [-0.25, -0.2) is 12.6 Å². The minimum atomic E-state index is -4.21. The van der Waals surface area contributed by atoms with Crippen LogP contribution in [0.25, 0.3) is 0 Å². The van der Waals surface area contributed by atoms with Crippen LogP contribution in [-0.2, 0) is 24.3 Å². The SMILES string of the molecule is CCCC(O)CN(C(C)OS(=O)(=O)c1ccc(C)cc1)S(=O)(=O)c1ccc(C)cc1. The van der Waals surface area contributed by atoms with E-state index in [0.717, 1.165) is 15.4 Å². The number of rotatable bonds is 10. The molecular weight excluding hydrogens is 426 g/mol. The topological polar surface area (TPSA) is 101 Å². The summed E-state index contributed by atoms with van der Waals surface area (Å²) >= 11 is 0. The Balaban J connectivity index is 2.38. The average molecular weight is 456 g/mol. The van der Waals surface area contributed by atoms with E-state index >= 15 is 0 Å². The van der Waals surface area contributed by atoms with Crippen molar-refractivity contribution in [2.75, 3.05) is 6.54 Å². The molecule has 0 saturated carbocycles. The van der Waals surface area contributed by atoms with E-state index in [-0.39, 0.29) is 16.3 Å². The molecule has 9 heteroatoms. The van der Waals surface area contributed by atoms with Gasteiger partial charge in [-0.2, -0.15) is 12.7 Å². The maximum Gasteiger partial charge on any atom is 0.298 e. The second-order valence-electron chi connectivity index (χ2n) is 7.29. The van der Waals surface area contributed by atoms with Crippen LogP contribution in [0.5, 0.6) is 0 Å². The average Bonchev–Trinajstić information content (AvgIpc) is 2.66. The summed E-state index contributed by atoms with van der Waals surface area (Å²) in [6.45, 7) is 6.58. The summed E-state index contributed by atoms with van der Waals surface area (Å²) in [4.78, 5) is -0.0678. The predicted molar refractivity (Wildman–Crippen MR) is 115 cm³/mol. The van der Waals surface area contributed by atoms with Crippen molar-refractivity contribution in [1.82, 2.24) is 4.31 Å². The van der Waals surface area contributed by atoms with Crippen molar-refractivity contribution in [2.24, 2.45) is 0 Å². The Morgan fingerprint density at radius 3 is 1.83 bits per heavy atom. The number of aliphatic hydroxyl groups excluding tert-OH is 1. The van der Waals surface area contributed by atoms with Crippen LogP contribution < -0.4 is 0 Å². The van der Waals surface area contributed by atoms with Crippen LogP contribution in [0.2, 0.25) is 0 Å². The number of aryl methyl sites for hydroxylation is 2. The molecule has 0 aromatic heterocycles. The molecule has 30 heavy (non-hydrogen) atoms. The van der Waals surface area contributed by atoms with Crippen molar-refractivity contribution < 1.29 is 26.1 Å². The minimum Gasteiger partial charge on any atom is -0.392 e. The van der Waals surface area contributed by atoms with Gasteiger partial charge in [-0.1, -0.05) is 48.7 Å². The lowest BCUT2D eigenvalue weighted by Crippen LogP contribution is -2.45. The van der Waals surface area contributed by atoms with Gasteiger partial charge in [-0.15, -0.1) is 0 Å². The molecule has 2 rings (SSSR count). The van der Waals surface area contributed by atoms with Crippen LogP contribution >= 0.6 is 0 Å². The first kappa shape index (κ1) is 24.5. The van der Waals surface area contributed by atoms with Crippen LogP contribution in [-0.4, -0.2) is 45.1 Å². The highest BCUT2D eigenvalue weighted by Crippen LogP contribution is 2.23. The Kier molecular flexibility index (Phi) is 8.18. The molecule has 2 unspecified atom stereocenters. The quantitative estimate of drug-likeness (QED) is 0.436. The molecule has 1 N–H and O–H groups in total. The molecule has 0 saturated heterocycles. The molecule has 2 aromatic carbocycles. The Hall–Kier alpha value is -1.78. The van der Waals surface area contributed by atoms with Crippen molar-refractivity contribution in [1.29, 1.82) is 0 Å². The number of hydrogen-bond acceptors (Lipinski definition) is 6. The summed E-state index contributed by atoms with van der Waals surface area (Å²) in [7, 11) is -8.31. The Bertz CT molecular complexity index is 1030. The first-order valence-electron chi connectivity index (χ1n) is 9.74. The van der Waals surface area contributed by atoms with Gasteiger partial charge in [-0.05, 0) is 51.5 Å². The third-order valence-corrected chi connectivity index (χ3v) is 7.93. The third-order valence-electron chi connectivity index (χ3n) is 4.62. The summed E-state index contributed by atoms with van der Waals surface area (Å²) in [6, 6.07) is 12.3. The summed E-state index contributed by atoms with van der Waals surface area (Å²) < 4.78 is 57.9. The fraction of sp³-hybridized carbons (Fsp3) is 0.429. The molecule has 0 heterocycles. The molecule has 0 spiro atoms. The van der Waals surface area contributed by atoms with Crippen molar-refractivity contribution in [3.8, 4) is 0 Å². The maximum atomic E-state index is 13.2. The molecule has 0 aliphatic heterocycles. The smallest absolute Gasteiger partial charge is 0.298 e. The van der Waals surface area contributed by atoms with E-state index in [2.05, 4.69) is 0 Å². The third kappa shape index (κ3) is 6.12. The number of aliphatic hydroxyl groups is 1. The van der Waals surface area contributed by atoms with Gasteiger partial charge in [-0.3, -0.25) is 0 Å².